The molecule has 0 atom stereocenters. The minimum atomic E-state index is 0.647. The van der Waals surface area contributed by atoms with Gasteiger partial charge in [-0.3, -0.25) is 4.68 Å². The average Bonchev–Trinajstić information content (AvgIpc) is 2.87. The molecule has 5 nitrogen and oxygen atoms in total. The van der Waals surface area contributed by atoms with Crippen LogP contribution in [-0.4, -0.2) is 34.7 Å². The van der Waals surface area contributed by atoms with E-state index >= 15 is 0 Å². The predicted octanol–water partition coefficient (Wildman–Crippen LogP) is 1.71. The molecule has 1 N–H and O–H groups in total. The molecule has 0 spiro atoms. The molecule has 18 heavy (non-hydrogen) atoms. The van der Waals surface area contributed by atoms with Crippen LogP contribution in [0.2, 0.25) is 0 Å². The zero-order chi connectivity index (χ0) is 12.6. The molecular weight excluding hydrogens is 296 g/mol. The Morgan fingerprint density at radius 2 is 2.28 bits per heavy atom. The van der Waals surface area contributed by atoms with E-state index in [1.165, 1.54) is 0 Å². The summed E-state index contributed by atoms with van der Waals surface area (Å²) in [6.45, 7) is 3.12. The van der Waals surface area contributed by atoms with Gasteiger partial charge in [-0.05, 0) is 18.2 Å². The average molecular weight is 311 g/mol. The molecule has 2 rings (SSSR count). The molecule has 6 heteroatoms. The van der Waals surface area contributed by atoms with E-state index in [1.807, 2.05) is 30.5 Å². The number of hydrogen-bond donors (Lipinski definition) is 1. The van der Waals surface area contributed by atoms with Crippen molar-refractivity contribution in [3.63, 3.8) is 0 Å². The Morgan fingerprint density at radius 3 is 3.06 bits per heavy atom. The van der Waals surface area contributed by atoms with Crippen molar-refractivity contribution in [1.82, 2.24) is 20.3 Å². The van der Waals surface area contributed by atoms with Gasteiger partial charge >= 0.3 is 0 Å². The van der Waals surface area contributed by atoms with Crippen LogP contribution in [0.4, 0.5) is 0 Å². The van der Waals surface area contributed by atoms with Gasteiger partial charge in [0.2, 0.25) is 0 Å². The second-order valence-corrected chi connectivity index (χ2v) is 4.64. The molecule has 0 saturated carbocycles. The van der Waals surface area contributed by atoms with Crippen LogP contribution >= 0.6 is 15.9 Å². The summed E-state index contributed by atoms with van der Waals surface area (Å²) in [6.07, 6.45) is 3.52. The Balaban J connectivity index is 1.56. The topological polar surface area (TPSA) is 52.0 Å². The van der Waals surface area contributed by atoms with Gasteiger partial charge in [0.05, 0.1) is 12.7 Å². The van der Waals surface area contributed by atoms with Crippen molar-refractivity contribution >= 4 is 15.9 Å². The zero-order valence-corrected chi connectivity index (χ0v) is 11.5. The van der Waals surface area contributed by atoms with E-state index in [4.69, 9.17) is 4.74 Å². The van der Waals surface area contributed by atoms with Gasteiger partial charge in [0.25, 0.3) is 0 Å². The lowest BCUT2D eigenvalue weighted by molar-refractivity contribution is 0.312. The highest BCUT2D eigenvalue weighted by atomic mass is 79.9. The fourth-order valence-electron chi connectivity index (χ4n) is 1.47. The molecule has 0 fully saturated rings. The van der Waals surface area contributed by atoms with Crippen molar-refractivity contribution in [1.29, 1.82) is 0 Å². The maximum Gasteiger partial charge on any atom is 0.120 e. The number of nitrogens with one attached hydrogen (secondary N) is 1. The van der Waals surface area contributed by atoms with Gasteiger partial charge in [0.15, 0.2) is 0 Å². The van der Waals surface area contributed by atoms with Crippen LogP contribution in [0.3, 0.4) is 0 Å². The van der Waals surface area contributed by atoms with Crippen LogP contribution in [0.1, 0.15) is 0 Å². The molecule has 1 aromatic carbocycles. The number of ether oxygens (including phenoxy) is 1. The van der Waals surface area contributed by atoms with Crippen LogP contribution in [0.5, 0.6) is 5.75 Å². The number of rotatable bonds is 7. The fourth-order valence-corrected chi connectivity index (χ4v) is 1.85. The first kappa shape index (κ1) is 13.0. The van der Waals surface area contributed by atoms with Crippen LogP contribution in [0.25, 0.3) is 0 Å². The van der Waals surface area contributed by atoms with Crippen LogP contribution in [-0.2, 0) is 6.54 Å². The van der Waals surface area contributed by atoms with Gasteiger partial charge in [-0.25, -0.2) is 0 Å². The maximum absolute atomic E-state index is 5.60. The highest BCUT2D eigenvalue weighted by molar-refractivity contribution is 9.10. The molecule has 0 bridgehead atoms. The number of nitrogens with zero attached hydrogens (tertiary/aromatic N) is 3. The monoisotopic (exact) mass is 310 g/mol. The summed E-state index contributed by atoms with van der Waals surface area (Å²) in [5.41, 5.74) is 0. The van der Waals surface area contributed by atoms with Crippen molar-refractivity contribution in [2.45, 2.75) is 6.54 Å². The van der Waals surface area contributed by atoms with Crippen molar-refractivity contribution in [2.75, 3.05) is 19.7 Å². The minimum absolute atomic E-state index is 0.647. The largest absolute Gasteiger partial charge is 0.492 e. The minimum Gasteiger partial charge on any atom is -0.492 e. The molecule has 0 aliphatic heterocycles. The summed E-state index contributed by atoms with van der Waals surface area (Å²) < 4.78 is 8.42. The predicted molar refractivity (Wildman–Crippen MR) is 72.5 cm³/mol. The summed E-state index contributed by atoms with van der Waals surface area (Å²) in [4.78, 5) is 0. The molecule has 1 heterocycles. The first-order chi connectivity index (χ1) is 8.84. The van der Waals surface area contributed by atoms with Gasteiger partial charge in [0.1, 0.15) is 12.4 Å². The first-order valence-corrected chi connectivity index (χ1v) is 6.57. The van der Waals surface area contributed by atoms with Crippen molar-refractivity contribution in [3.05, 3.63) is 41.1 Å². The third kappa shape index (κ3) is 4.46. The number of aromatic nitrogens is 3. The molecule has 96 valence electrons. The normalized spacial score (nSPS) is 10.5. The van der Waals surface area contributed by atoms with E-state index in [1.54, 1.807) is 10.9 Å². The summed E-state index contributed by atoms with van der Waals surface area (Å²) in [5.74, 6) is 0.877. The summed E-state index contributed by atoms with van der Waals surface area (Å²) in [5, 5.41) is 10.9. The lowest BCUT2D eigenvalue weighted by Crippen LogP contribution is -2.25. The molecular formula is C12H15BrN4O. The van der Waals surface area contributed by atoms with E-state index in [-0.39, 0.29) is 0 Å². The number of benzene rings is 1. The van der Waals surface area contributed by atoms with Gasteiger partial charge < -0.3 is 10.1 Å². The molecule has 0 saturated heterocycles. The Labute approximate surface area is 114 Å². The van der Waals surface area contributed by atoms with Crippen molar-refractivity contribution < 1.29 is 4.74 Å². The third-order valence-corrected chi connectivity index (χ3v) is 2.83. The molecule has 0 amide bonds. The molecule has 0 radical (unpaired) electrons. The lowest BCUT2D eigenvalue weighted by Gasteiger charge is -2.07. The Bertz CT molecular complexity index is 461. The Hall–Kier alpha value is -1.40. The van der Waals surface area contributed by atoms with E-state index in [9.17, 15) is 0 Å². The maximum atomic E-state index is 5.60. The van der Waals surface area contributed by atoms with Crippen molar-refractivity contribution in [3.8, 4) is 5.75 Å². The van der Waals surface area contributed by atoms with Gasteiger partial charge in [-0.15, -0.1) is 5.10 Å². The van der Waals surface area contributed by atoms with E-state index in [2.05, 4.69) is 31.6 Å². The summed E-state index contributed by atoms with van der Waals surface area (Å²) in [7, 11) is 0. The highest BCUT2D eigenvalue weighted by Gasteiger charge is 1.95. The Morgan fingerprint density at radius 1 is 1.33 bits per heavy atom. The van der Waals surface area contributed by atoms with E-state index in [0.29, 0.717) is 6.61 Å². The number of halogens is 1. The third-order valence-electron chi connectivity index (χ3n) is 2.33. The fraction of sp³-hybridized carbons (Fsp3) is 0.333. The molecule has 1 aromatic heterocycles. The van der Waals surface area contributed by atoms with Gasteiger partial charge in [0, 0.05) is 23.8 Å². The van der Waals surface area contributed by atoms with Crippen LogP contribution < -0.4 is 10.1 Å². The second-order valence-electron chi connectivity index (χ2n) is 3.72. The first-order valence-electron chi connectivity index (χ1n) is 5.78. The molecule has 0 aliphatic rings. The SMILES string of the molecule is Brc1cccc(OCCNCCn2ccnn2)c1. The zero-order valence-electron chi connectivity index (χ0n) is 9.92. The number of hydrogen-bond acceptors (Lipinski definition) is 4. The molecule has 0 unspecified atom stereocenters. The molecule has 2 aromatic rings. The van der Waals surface area contributed by atoms with Crippen molar-refractivity contribution in [2.24, 2.45) is 0 Å². The highest BCUT2D eigenvalue weighted by Crippen LogP contribution is 2.17. The second kappa shape index (κ2) is 7.13. The quantitative estimate of drug-likeness (QED) is 0.791. The summed E-state index contributed by atoms with van der Waals surface area (Å²) >= 11 is 3.41. The molecule has 0 aliphatic carbocycles. The van der Waals surface area contributed by atoms with Crippen LogP contribution in [0.15, 0.2) is 41.1 Å². The van der Waals surface area contributed by atoms with Crippen LogP contribution in [0, 0.1) is 0 Å². The van der Waals surface area contributed by atoms with E-state index in [0.717, 1.165) is 29.9 Å². The summed E-state index contributed by atoms with van der Waals surface area (Å²) in [6, 6.07) is 7.83. The smallest absolute Gasteiger partial charge is 0.120 e. The Kier molecular flexibility index (Phi) is 5.16. The van der Waals surface area contributed by atoms with Gasteiger partial charge in [-0.1, -0.05) is 27.2 Å². The standard InChI is InChI=1S/C12H15BrN4O/c13-11-2-1-3-12(10-11)18-9-6-14-4-7-17-8-5-15-16-17/h1-3,5,8,10,14H,4,6-7,9H2. The van der Waals surface area contributed by atoms with E-state index < -0.39 is 0 Å². The van der Waals surface area contributed by atoms with Gasteiger partial charge in [-0.2, -0.15) is 0 Å². The lowest BCUT2D eigenvalue weighted by atomic mass is 10.3.